The fourth-order valence-electron chi connectivity index (χ4n) is 2.10. The lowest BCUT2D eigenvalue weighted by Gasteiger charge is -2.39. The summed E-state index contributed by atoms with van der Waals surface area (Å²) in [6.45, 7) is 5.02. The van der Waals surface area contributed by atoms with Gasteiger partial charge >= 0.3 is 0 Å². The lowest BCUT2D eigenvalue weighted by molar-refractivity contribution is -0.0527. The second-order valence-electron chi connectivity index (χ2n) is 4.42. The van der Waals surface area contributed by atoms with Crippen molar-refractivity contribution in [3.8, 4) is 0 Å². The Morgan fingerprint density at radius 3 is 3.00 bits per heavy atom. The molecule has 1 unspecified atom stereocenters. The summed E-state index contributed by atoms with van der Waals surface area (Å²) >= 11 is 7.21. The number of piperidine rings is 1. The van der Waals surface area contributed by atoms with Gasteiger partial charge in [-0.25, -0.2) is 0 Å². The lowest BCUT2D eigenvalue weighted by Crippen LogP contribution is -2.46. The average molecular weight is 262 g/mol. The second kappa shape index (κ2) is 4.96. The minimum atomic E-state index is -0.0211. The Morgan fingerprint density at radius 2 is 2.38 bits per heavy atom. The number of methoxy groups -OCH3 is 1. The van der Waals surface area contributed by atoms with Crippen molar-refractivity contribution in [3.05, 3.63) is 9.47 Å². The minimum Gasteiger partial charge on any atom is -0.377 e. The number of rotatable bonds is 3. The molecule has 1 aromatic rings. The summed E-state index contributed by atoms with van der Waals surface area (Å²) in [5.74, 6) is 0. The molecule has 1 saturated heterocycles. The third-order valence-corrected chi connectivity index (χ3v) is 4.04. The fourth-order valence-corrected chi connectivity index (χ4v) is 3.01. The number of likely N-dealkylation sites (tertiary alicyclic amines) is 1. The van der Waals surface area contributed by atoms with Crippen LogP contribution in [0.4, 0.5) is 0 Å². The van der Waals surface area contributed by atoms with Gasteiger partial charge in [-0.3, -0.25) is 4.90 Å². The van der Waals surface area contributed by atoms with E-state index in [1.807, 2.05) is 0 Å². The van der Waals surface area contributed by atoms with Gasteiger partial charge in [-0.2, -0.15) is 0 Å². The van der Waals surface area contributed by atoms with E-state index in [-0.39, 0.29) is 5.60 Å². The normalized spacial score (nSPS) is 27.2. The molecule has 2 rings (SSSR count). The summed E-state index contributed by atoms with van der Waals surface area (Å²) in [5.41, 5.74) is -0.0211. The summed E-state index contributed by atoms with van der Waals surface area (Å²) in [4.78, 5) is 2.35. The van der Waals surface area contributed by atoms with Gasteiger partial charge in [-0.05, 0) is 37.9 Å². The zero-order valence-corrected chi connectivity index (χ0v) is 11.1. The van der Waals surface area contributed by atoms with Crippen LogP contribution in [0.5, 0.6) is 0 Å². The Bertz CT molecular complexity index is 360. The lowest BCUT2D eigenvalue weighted by atomic mass is 9.95. The summed E-state index contributed by atoms with van der Waals surface area (Å²) in [6.07, 6.45) is 2.29. The topological polar surface area (TPSA) is 38.2 Å². The number of aromatic nitrogens is 2. The Hall–Kier alpha value is -0.230. The molecule has 0 spiro atoms. The van der Waals surface area contributed by atoms with Crippen molar-refractivity contribution in [1.29, 1.82) is 0 Å². The third-order valence-electron chi connectivity index (χ3n) is 3.03. The molecule has 1 aliphatic heterocycles. The molecule has 1 fully saturated rings. The van der Waals surface area contributed by atoms with E-state index in [4.69, 9.17) is 16.3 Å². The van der Waals surface area contributed by atoms with E-state index in [1.165, 1.54) is 11.3 Å². The number of hydrogen-bond donors (Lipinski definition) is 0. The molecule has 0 amide bonds. The molecule has 4 nitrogen and oxygen atoms in total. The number of nitrogens with zero attached hydrogens (tertiary/aromatic N) is 3. The molecule has 2 heterocycles. The number of ether oxygens (including phenoxy) is 1. The third kappa shape index (κ3) is 2.91. The first-order valence-corrected chi connectivity index (χ1v) is 6.56. The summed E-state index contributed by atoms with van der Waals surface area (Å²) in [7, 11) is 1.78. The van der Waals surface area contributed by atoms with Gasteiger partial charge in [0.25, 0.3) is 0 Å². The molecule has 16 heavy (non-hydrogen) atoms. The van der Waals surface area contributed by atoms with Crippen molar-refractivity contribution < 1.29 is 4.74 Å². The van der Waals surface area contributed by atoms with E-state index in [1.54, 1.807) is 7.11 Å². The van der Waals surface area contributed by atoms with Crippen LogP contribution in [0.3, 0.4) is 0 Å². The van der Waals surface area contributed by atoms with Gasteiger partial charge in [0.15, 0.2) is 0 Å². The highest BCUT2D eigenvalue weighted by Gasteiger charge is 2.30. The van der Waals surface area contributed by atoms with Crippen LogP contribution in [0.2, 0.25) is 4.47 Å². The Labute approximate surface area is 105 Å². The van der Waals surface area contributed by atoms with E-state index in [0.717, 1.165) is 37.5 Å². The van der Waals surface area contributed by atoms with Crippen molar-refractivity contribution in [3.63, 3.8) is 0 Å². The molecule has 0 bridgehead atoms. The Morgan fingerprint density at radius 1 is 1.56 bits per heavy atom. The zero-order valence-electron chi connectivity index (χ0n) is 9.57. The molecule has 0 aromatic carbocycles. The van der Waals surface area contributed by atoms with Crippen LogP contribution in [0.15, 0.2) is 0 Å². The number of hydrogen-bond acceptors (Lipinski definition) is 5. The van der Waals surface area contributed by atoms with Gasteiger partial charge < -0.3 is 4.74 Å². The predicted molar refractivity (Wildman–Crippen MR) is 64.8 cm³/mol. The van der Waals surface area contributed by atoms with Gasteiger partial charge in [-0.1, -0.05) is 11.3 Å². The first kappa shape index (κ1) is 12.2. The van der Waals surface area contributed by atoms with Gasteiger partial charge in [-0.15, -0.1) is 10.2 Å². The molecule has 6 heteroatoms. The maximum Gasteiger partial charge on any atom is 0.207 e. The smallest absolute Gasteiger partial charge is 0.207 e. The Kier molecular flexibility index (Phi) is 3.79. The Balaban J connectivity index is 1.95. The van der Waals surface area contributed by atoms with E-state index in [2.05, 4.69) is 22.0 Å². The highest BCUT2D eigenvalue weighted by molar-refractivity contribution is 7.15. The van der Waals surface area contributed by atoms with Crippen molar-refractivity contribution >= 4 is 22.9 Å². The summed E-state index contributed by atoms with van der Waals surface area (Å²) in [5, 5.41) is 8.83. The average Bonchev–Trinajstić information content (AvgIpc) is 2.64. The molecule has 0 N–H and O–H groups in total. The van der Waals surface area contributed by atoms with E-state index >= 15 is 0 Å². The first-order chi connectivity index (χ1) is 7.61. The first-order valence-electron chi connectivity index (χ1n) is 5.37. The second-order valence-corrected chi connectivity index (χ2v) is 6.06. The van der Waals surface area contributed by atoms with Crippen LogP contribution >= 0.6 is 22.9 Å². The van der Waals surface area contributed by atoms with Crippen LogP contribution in [-0.4, -0.2) is 40.9 Å². The highest BCUT2D eigenvalue weighted by atomic mass is 35.5. The molecule has 90 valence electrons. The molecule has 0 saturated carbocycles. The van der Waals surface area contributed by atoms with E-state index in [0.29, 0.717) is 4.47 Å². The largest absolute Gasteiger partial charge is 0.377 e. The molecular weight excluding hydrogens is 246 g/mol. The van der Waals surface area contributed by atoms with Gasteiger partial charge in [0.2, 0.25) is 4.47 Å². The highest BCUT2D eigenvalue weighted by Crippen LogP contribution is 2.26. The van der Waals surface area contributed by atoms with Gasteiger partial charge in [0.05, 0.1) is 12.1 Å². The van der Waals surface area contributed by atoms with Crippen molar-refractivity contribution in [2.45, 2.75) is 31.9 Å². The van der Waals surface area contributed by atoms with Crippen molar-refractivity contribution in [1.82, 2.24) is 15.1 Å². The van der Waals surface area contributed by atoms with E-state index in [9.17, 15) is 0 Å². The summed E-state index contributed by atoms with van der Waals surface area (Å²) in [6, 6.07) is 0. The van der Waals surface area contributed by atoms with Crippen LogP contribution < -0.4 is 0 Å². The maximum absolute atomic E-state index is 5.76. The zero-order chi connectivity index (χ0) is 11.6. The van der Waals surface area contributed by atoms with E-state index < -0.39 is 0 Å². The van der Waals surface area contributed by atoms with Crippen LogP contribution in [0.25, 0.3) is 0 Å². The van der Waals surface area contributed by atoms with Crippen molar-refractivity contribution in [2.24, 2.45) is 0 Å². The molecule has 1 aromatic heterocycles. The molecule has 1 atom stereocenters. The predicted octanol–water partition coefficient (Wildman–Crippen LogP) is 2.19. The molecule has 0 aliphatic carbocycles. The number of halogens is 1. The van der Waals surface area contributed by atoms with Crippen LogP contribution in [0, 0.1) is 0 Å². The standard InChI is InChI=1S/C10H16ClN3OS/c1-10(15-2)4-3-5-14(7-10)6-8-12-13-9(11)16-8/h3-7H2,1-2H3. The summed E-state index contributed by atoms with van der Waals surface area (Å²) < 4.78 is 6.07. The van der Waals surface area contributed by atoms with Crippen molar-refractivity contribution in [2.75, 3.05) is 20.2 Å². The molecular formula is C10H16ClN3OS. The fraction of sp³-hybridized carbons (Fsp3) is 0.800. The SMILES string of the molecule is COC1(C)CCCN(Cc2nnc(Cl)s2)C1. The van der Waals surface area contributed by atoms with Crippen LogP contribution in [-0.2, 0) is 11.3 Å². The van der Waals surface area contributed by atoms with Gasteiger partial charge in [0, 0.05) is 13.7 Å². The minimum absolute atomic E-state index is 0.0211. The molecule has 0 radical (unpaired) electrons. The maximum atomic E-state index is 5.76. The molecule has 1 aliphatic rings. The van der Waals surface area contributed by atoms with Crippen LogP contribution in [0.1, 0.15) is 24.8 Å². The van der Waals surface area contributed by atoms with Gasteiger partial charge in [0.1, 0.15) is 5.01 Å². The monoisotopic (exact) mass is 261 g/mol. The quantitative estimate of drug-likeness (QED) is 0.836.